The zero-order chi connectivity index (χ0) is 16.8. The van der Waals surface area contributed by atoms with Crippen LogP contribution in [0.15, 0.2) is 18.2 Å². The fraction of sp³-hybridized carbons (Fsp3) is 0.556. The summed E-state index contributed by atoms with van der Waals surface area (Å²) in [5, 5.41) is 15.4. The van der Waals surface area contributed by atoms with Gasteiger partial charge in [-0.15, -0.1) is 0 Å². The van der Waals surface area contributed by atoms with Crippen molar-refractivity contribution in [3.8, 4) is 0 Å². The standard InChI is InChI=1S/C18H26N2O3/c1-12-8-9-14(10-17(12)19-13(2)22)18(23)20-16-7-5-3-4-6-15(16)11-21/h8-10,15-16,21H,3-7,11H2,1-2H3,(H,19,22)(H,20,23). The number of anilines is 1. The highest BCUT2D eigenvalue weighted by atomic mass is 16.3. The van der Waals surface area contributed by atoms with Crippen LogP contribution >= 0.6 is 0 Å². The second-order valence-electron chi connectivity index (χ2n) is 6.37. The molecule has 1 aromatic carbocycles. The molecular weight excluding hydrogens is 292 g/mol. The van der Waals surface area contributed by atoms with Crippen LogP contribution in [0.5, 0.6) is 0 Å². The summed E-state index contributed by atoms with van der Waals surface area (Å²) in [4.78, 5) is 23.8. The van der Waals surface area contributed by atoms with Gasteiger partial charge in [-0.1, -0.05) is 25.3 Å². The number of aliphatic hydroxyl groups is 1. The Labute approximate surface area is 137 Å². The number of aliphatic hydroxyl groups excluding tert-OH is 1. The molecule has 2 rings (SSSR count). The highest BCUT2D eigenvalue weighted by molar-refractivity contribution is 5.97. The third-order valence-electron chi connectivity index (χ3n) is 4.52. The van der Waals surface area contributed by atoms with Crippen LogP contribution in [0.25, 0.3) is 0 Å². The van der Waals surface area contributed by atoms with E-state index in [1.54, 1.807) is 12.1 Å². The van der Waals surface area contributed by atoms with E-state index in [9.17, 15) is 14.7 Å². The SMILES string of the molecule is CC(=O)Nc1cc(C(=O)NC2CCCCCC2CO)ccc1C. The van der Waals surface area contributed by atoms with Gasteiger partial charge in [0.05, 0.1) is 0 Å². The Morgan fingerprint density at radius 1 is 1.22 bits per heavy atom. The van der Waals surface area contributed by atoms with Crippen molar-refractivity contribution >= 4 is 17.5 Å². The van der Waals surface area contributed by atoms with E-state index >= 15 is 0 Å². The van der Waals surface area contributed by atoms with Crippen LogP contribution in [-0.4, -0.2) is 29.6 Å². The molecule has 0 radical (unpaired) electrons. The second kappa shape index (κ2) is 8.11. The fourth-order valence-corrected chi connectivity index (χ4v) is 3.13. The average molecular weight is 318 g/mol. The van der Waals surface area contributed by atoms with Gasteiger partial charge in [-0.25, -0.2) is 0 Å². The predicted octanol–water partition coefficient (Wildman–Crippen LogP) is 2.62. The van der Waals surface area contributed by atoms with Crippen molar-refractivity contribution < 1.29 is 14.7 Å². The topological polar surface area (TPSA) is 78.4 Å². The van der Waals surface area contributed by atoms with Gasteiger partial charge in [-0.3, -0.25) is 9.59 Å². The Bertz CT molecular complexity index is 571. The molecular formula is C18H26N2O3. The van der Waals surface area contributed by atoms with Crippen molar-refractivity contribution in [1.29, 1.82) is 0 Å². The first-order chi connectivity index (χ1) is 11.0. The second-order valence-corrected chi connectivity index (χ2v) is 6.37. The first kappa shape index (κ1) is 17.5. The monoisotopic (exact) mass is 318 g/mol. The maximum atomic E-state index is 12.5. The van der Waals surface area contributed by atoms with Crippen LogP contribution in [-0.2, 0) is 4.79 Å². The molecule has 0 aromatic heterocycles. The summed E-state index contributed by atoms with van der Waals surface area (Å²) in [6.07, 6.45) is 5.19. The highest BCUT2D eigenvalue weighted by Gasteiger charge is 2.25. The van der Waals surface area contributed by atoms with E-state index < -0.39 is 0 Å². The lowest BCUT2D eigenvalue weighted by atomic mass is 9.95. The van der Waals surface area contributed by atoms with E-state index in [4.69, 9.17) is 0 Å². The first-order valence-electron chi connectivity index (χ1n) is 8.31. The Morgan fingerprint density at radius 2 is 1.96 bits per heavy atom. The van der Waals surface area contributed by atoms with E-state index in [-0.39, 0.29) is 30.4 Å². The van der Waals surface area contributed by atoms with Gasteiger partial charge in [0, 0.05) is 36.7 Å². The Hall–Kier alpha value is -1.88. The largest absolute Gasteiger partial charge is 0.396 e. The summed E-state index contributed by atoms with van der Waals surface area (Å²) in [7, 11) is 0. The van der Waals surface area contributed by atoms with Crippen molar-refractivity contribution in [3.63, 3.8) is 0 Å². The number of hydrogen-bond acceptors (Lipinski definition) is 3. The zero-order valence-electron chi connectivity index (χ0n) is 13.9. The van der Waals surface area contributed by atoms with Crippen molar-refractivity contribution in [2.45, 2.75) is 52.0 Å². The molecule has 1 fully saturated rings. The minimum Gasteiger partial charge on any atom is -0.396 e. The van der Waals surface area contributed by atoms with Gasteiger partial charge >= 0.3 is 0 Å². The van der Waals surface area contributed by atoms with E-state index in [0.29, 0.717) is 11.3 Å². The number of amides is 2. The van der Waals surface area contributed by atoms with Crippen LogP contribution in [0.4, 0.5) is 5.69 Å². The van der Waals surface area contributed by atoms with Crippen LogP contribution in [0.2, 0.25) is 0 Å². The molecule has 5 nitrogen and oxygen atoms in total. The molecule has 5 heteroatoms. The summed E-state index contributed by atoms with van der Waals surface area (Å²) in [6, 6.07) is 5.31. The average Bonchev–Trinajstić information content (AvgIpc) is 2.73. The molecule has 0 spiro atoms. The number of nitrogens with one attached hydrogen (secondary N) is 2. The van der Waals surface area contributed by atoms with E-state index in [1.165, 1.54) is 6.92 Å². The van der Waals surface area contributed by atoms with Crippen LogP contribution in [0.1, 0.15) is 54.9 Å². The molecule has 0 bridgehead atoms. The van der Waals surface area contributed by atoms with Crippen molar-refractivity contribution in [3.05, 3.63) is 29.3 Å². The Kier molecular flexibility index (Phi) is 6.16. The molecule has 1 aromatic rings. The summed E-state index contributed by atoms with van der Waals surface area (Å²) in [6.45, 7) is 3.44. The lowest BCUT2D eigenvalue weighted by Crippen LogP contribution is -2.41. The fourth-order valence-electron chi connectivity index (χ4n) is 3.13. The molecule has 0 aliphatic heterocycles. The van der Waals surface area contributed by atoms with Gasteiger partial charge in [-0.2, -0.15) is 0 Å². The maximum absolute atomic E-state index is 12.5. The van der Waals surface area contributed by atoms with E-state index in [2.05, 4.69) is 10.6 Å². The number of hydrogen-bond donors (Lipinski definition) is 3. The van der Waals surface area contributed by atoms with Gasteiger partial charge in [0.1, 0.15) is 0 Å². The lowest BCUT2D eigenvalue weighted by Gasteiger charge is -2.24. The van der Waals surface area contributed by atoms with Gasteiger partial charge in [-0.05, 0) is 37.5 Å². The normalized spacial score (nSPS) is 21.3. The molecule has 2 atom stereocenters. The molecule has 126 valence electrons. The van der Waals surface area contributed by atoms with E-state index in [0.717, 1.165) is 37.7 Å². The maximum Gasteiger partial charge on any atom is 0.251 e. The summed E-state index contributed by atoms with van der Waals surface area (Å²) in [5.41, 5.74) is 2.10. The number of rotatable bonds is 4. The molecule has 3 N–H and O–H groups in total. The van der Waals surface area contributed by atoms with Crippen molar-refractivity contribution in [2.24, 2.45) is 5.92 Å². The smallest absolute Gasteiger partial charge is 0.251 e. The minimum atomic E-state index is -0.158. The third kappa shape index (κ3) is 4.79. The predicted molar refractivity (Wildman–Crippen MR) is 90.4 cm³/mol. The quantitative estimate of drug-likeness (QED) is 0.747. The molecule has 1 aliphatic carbocycles. The van der Waals surface area contributed by atoms with Gasteiger partial charge in [0.25, 0.3) is 5.91 Å². The minimum absolute atomic E-state index is 0.0144. The molecule has 2 amide bonds. The van der Waals surface area contributed by atoms with Crippen LogP contribution in [0, 0.1) is 12.8 Å². The lowest BCUT2D eigenvalue weighted by molar-refractivity contribution is -0.114. The molecule has 0 saturated heterocycles. The molecule has 2 unspecified atom stereocenters. The number of carbonyl (C=O) groups is 2. The van der Waals surface area contributed by atoms with E-state index in [1.807, 2.05) is 13.0 Å². The van der Waals surface area contributed by atoms with Crippen LogP contribution in [0.3, 0.4) is 0 Å². The first-order valence-corrected chi connectivity index (χ1v) is 8.31. The molecule has 23 heavy (non-hydrogen) atoms. The van der Waals surface area contributed by atoms with Gasteiger partial charge in [0.2, 0.25) is 5.91 Å². The molecule has 1 saturated carbocycles. The number of benzene rings is 1. The Morgan fingerprint density at radius 3 is 2.65 bits per heavy atom. The Balaban J connectivity index is 2.11. The van der Waals surface area contributed by atoms with Gasteiger partial charge in [0.15, 0.2) is 0 Å². The van der Waals surface area contributed by atoms with Gasteiger partial charge < -0.3 is 15.7 Å². The zero-order valence-corrected chi connectivity index (χ0v) is 13.9. The summed E-state index contributed by atoms with van der Waals surface area (Å²) >= 11 is 0. The molecule has 1 aliphatic rings. The molecule has 0 heterocycles. The van der Waals surface area contributed by atoms with Crippen LogP contribution < -0.4 is 10.6 Å². The number of aryl methyl sites for hydroxylation is 1. The third-order valence-corrected chi connectivity index (χ3v) is 4.52. The number of carbonyl (C=O) groups excluding carboxylic acids is 2. The highest BCUT2D eigenvalue weighted by Crippen LogP contribution is 2.24. The summed E-state index contributed by atoms with van der Waals surface area (Å²) < 4.78 is 0. The van der Waals surface area contributed by atoms with Crippen molar-refractivity contribution in [1.82, 2.24) is 5.32 Å². The summed E-state index contributed by atoms with van der Waals surface area (Å²) in [5.74, 6) is -0.182. The van der Waals surface area contributed by atoms with Crippen molar-refractivity contribution in [2.75, 3.05) is 11.9 Å².